The van der Waals surface area contributed by atoms with Crippen molar-refractivity contribution in [2.75, 3.05) is 6.54 Å². The topological polar surface area (TPSA) is 102 Å². The van der Waals surface area contributed by atoms with Crippen LogP contribution in [0, 0.1) is 23.0 Å². The van der Waals surface area contributed by atoms with Crippen molar-refractivity contribution in [2.45, 2.75) is 56.5 Å². The molecule has 1 aliphatic carbocycles. The lowest BCUT2D eigenvalue weighted by Gasteiger charge is -2.27. The monoisotopic (exact) mass is 404 g/mol. The first-order valence-corrected chi connectivity index (χ1v) is 9.53. The number of urea groups is 1. The van der Waals surface area contributed by atoms with Gasteiger partial charge in [0.25, 0.3) is 5.91 Å². The van der Waals surface area contributed by atoms with Crippen molar-refractivity contribution in [3.8, 4) is 6.07 Å². The van der Waals surface area contributed by atoms with E-state index in [9.17, 15) is 28.4 Å². The van der Waals surface area contributed by atoms with Crippen molar-refractivity contribution in [1.82, 2.24) is 15.5 Å². The van der Waals surface area contributed by atoms with Gasteiger partial charge in [-0.15, -0.1) is 0 Å². The number of imide groups is 1. The smallest absolute Gasteiger partial charge is 0.325 e. The highest BCUT2D eigenvalue weighted by Crippen LogP contribution is 2.31. The summed E-state index contributed by atoms with van der Waals surface area (Å²) < 4.78 is 27.8. The van der Waals surface area contributed by atoms with Crippen LogP contribution in [0.2, 0.25) is 0 Å². The van der Waals surface area contributed by atoms with Gasteiger partial charge in [0.1, 0.15) is 29.3 Å². The van der Waals surface area contributed by atoms with E-state index < -0.39 is 47.1 Å². The number of nitriles is 1. The fourth-order valence-electron chi connectivity index (χ4n) is 3.95. The van der Waals surface area contributed by atoms with Gasteiger partial charge in [0, 0.05) is 5.56 Å². The molecular weight excluding hydrogens is 382 g/mol. The number of amides is 4. The van der Waals surface area contributed by atoms with Crippen LogP contribution in [0.25, 0.3) is 0 Å². The molecule has 1 aliphatic heterocycles. The van der Waals surface area contributed by atoms with Crippen LogP contribution in [0.1, 0.15) is 51.0 Å². The van der Waals surface area contributed by atoms with E-state index in [-0.39, 0.29) is 5.56 Å². The van der Waals surface area contributed by atoms with Gasteiger partial charge >= 0.3 is 6.03 Å². The van der Waals surface area contributed by atoms with Gasteiger partial charge in [0.15, 0.2) is 0 Å². The molecule has 2 N–H and O–H groups in total. The molecule has 1 aromatic rings. The van der Waals surface area contributed by atoms with Crippen LogP contribution in [-0.4, -0.2) is 34.8 Å². The first kappa shape index (κ1) is 20.7. The third-order valence-corrected chi connectivity index (χ3v) is 5.59. The minimum absolute atomic E-state index is 0.323. The van der Waals surface area contributed by atoms with E-state index >= 15 is 0 Å². The molecule has 7 nitrogen and oxygen atoms in total. The third-order valence-electron chi connectivity index (χ3n) is 5.59. The summed E-state index contributed by atoms with van der Waals surface area (Å²) in [6.45, 7) is 0.645. The Kier molecular flexibility index (Phi) is 5.55. The lowest BCUT2D eigenvalue weighted by Crippen LogP contribution is -2.51. The Morgan fingerprint density at radius 1 is 1.24 bits per heavy atom. The Labute approximate surface area is 167 Å². The molecule has 1 aromatic carbocycles. The van der Waals surface area contributed by atoms with Gasteiger partial charge < -0.3 is 10.6 Å². The van der Waals surface area contributed by atoms with Crippen LogP contribution < -0.4 is 10.6 Å². The summed E-state index contributed by atoms with van der Waals surface area (Å²) in [5, 5.41) is 14.6. The summed E-state index contributed by atoms with van der Waals surface area (Å²) in [5.41, 5.74) is -3.18. The molecule has 0 radical (unpaired) electrons. The van der Waals surface area contributed by atoms with Crippen molar-refractivity contribution >= 4 is 17.8 Å². The minimum Gasteiger partial charge on any atom is -0.336 e. The molecule has 9 heteroatoms. The number of benzene rings is 1. The van der Waals surface area contributed by atoms with Crippen LogP contribution in [0.15, 0.2) is 18.2 Å². The van der Waals surface area contributed by atoms with Crippen molar-refractivity contribution in [3.05, 3.63) is 35.4 Å². The Hall–Kier alpha value is -3.02. The maximum Gasteiger partial charge on any atom is 0.325 e. The normalized spacial score (nSPS) is 23.9. The Morgan fingerprint density at radius 3 is 2.52 bits per heavy atom. The van der Waals surface area contributed by atoms with Crippen LogP contribution in [0.4, 0.5) is 13.6 Å². The minimum atomic E-state index is -1.83. The molecule has 0 spiro atoms. The van der Waals surface area contributed by atoms with Crippen molar-refractivity contribution in [2.24, 2.45) is 0 Å². The molecule has 1 atom stereocenters. The first-order chi connectivity index (χ1) is 13.7. The quantitative estimate of drug-likeness (QED) is 0.594. The van der Waals surface area contributed by atoms with Crippen LogP contribution in [-0.2, 0) is 15.1 Å². The van der Waals surface area contributed by atoms with Crippen LogP contribution >= 0.6 is 0 Å². The van der Waals surface area contributed by atoms with E-state index in [0.29, 0.717) is 17.7 Å². The third kappa shape index (κ3) is 3.92. The molecule has 0 unspecified atom stereocenters. The van der Waals surface area contributed by atoms with E-state index in [4.69, 9.17) is 0 Å². The zero-order chi connectivity index (χ0) is 21.2. The molecule has 154 valence electrons. The van der Waals surface area contributed by atoms with E-state index in [0.717, 1.165) is 43.9 Å². The predicted octanol–water partition coefficient (Wildman–Crippen LogP) is 2.46. The van der Waals surface area contributed by atoms with E-state index in [1.54, 1.807) is 0 Å². The molecule has 2 fully saturated rings. The largest absolute Gasteiger partial charge is 0.336 e. The molecule has 1 saturated carbocycles. The highest BCUT2D eigenvalue weighted by molar-refractivity contribution is 6.09. The summed E-state index contributed by atoms with van der Waals surface area (Å²) in [6.07, 6.45) is 4.55. The highest BCUT2D eigenvalue weighted by Gasteiger charge is 2.51. The van der Waals surface area contributed by atoms with Gasteiger partial charge in [0.05, 0.1) is 6.07 Å². The fraction of sp³-hybridized carbons (Fsp3) is 0.500. The number of nitrogens with zero attached hydrogens (tertiary/aromatic N) is 2. The van der Waals surface area contributed by atoms with E-state index in [2.05, 4.69) is 16.7 Å². The highest BCUT2D eigenvalue weighted by atomic mass is 19.1. The number of halogens is 2. The molecule has 0 bridgehead atoms. The van der Waals surface area contributed by atoms with E-state index in [1.807, 2.05) is 0 Å². The molecular formula is C20H22F2N4O3. The molecule has 1 saturated heterocycles. The van der Waals surface area contributed by atoms with Gasteiger partial charge in [-0.25, -0.2) is 13.6 Å². The second kappa shape index (κ2) is 7.78. The van der Waals surface area contributed by atoms with Gasteiger partial charge in [-0.1, -0.05) is 25.7 Å². The van der Waals surface area contributed by atoms with Gasteiger partial charge in [0.2, 0.25) is 5.91 Å². The predicted molar refractivity (Wildman–Crippen MR) is 98.1 cm³/mol. The van der Waals surface area contributed by atoms with Crippen molar-refractivity contribution < 1.29 is 23.2 Å². The van der Waals surface area contributed by atoms with E-state index in [1.165, 1.54) is 6.92 Å². The Bertz CT molecular complexity index is 890. The summed E-state index contributed by atoms with van der Waals surface area (Å²) in [5.74, 6) is -3.13. The molecule has 2 aliphatic rings. The molecule has 1 heterocycles. The number of rotatable bonds is 4. The molecule has 3 rings (SSSR count). The Morgan fingerprint density at radius 2 is 1.90 bits per heavy atom. The summed E-state index contributed by atoms with van der Waals surface area (Å²) in [4.78, 5) is 38.4. The first-order valence-electron chi connectivity index (χ1n) is 9.53. The number of carbonyl (C=O) groups is 3. The number of carbonyl (C=O) groups excluding carboxylic acids is 3. The summed E-state index contributed by atoms with van der Waals surface area (Å²) in [6, 6.07) is 3.89. The number of hydrogen-bond acceptors (Lipinski definition) is 4. The zero-order valence-corrected chi connectivity index (χ0v) is 16.1. The summed E-state index contributed by atoms with van der Waals surface area (Å²) >= 11 is 0. The Balaban J connectivity index is 1.77. The summed E-state index contributed by atoms with van der Waals surface area (Å²) in [7, 11) is 0. The molecule has 0 aromatic heterocycles. The SMILES string of the molecule is C[C@@]1(c2cc(F)ccc2F)NC(=O)N(CC(=O)NC2(C#N)CCCCCC2)C1=O. The second-order valence-corrected chi connectivity index (χ2v) is 7.73. The average Bonchev–Trinajstić information content (AvgIpc) is 2.85. The zero-order valence-electron chi connectivity index (χ0n) is 16.1. The fourth-order valence-corrected chi connectivity index (χ4v) is 3.95. The van der Waals surface area contributed by atoms with Gasteiger partial charge in [-0.3, -0.25) is 14.5 Å². The molecule has 4 amide bonds. The maximum atomic E-state index is 14.2. The maximum absolute atomic E-state index is 14.2. The lowest BCUT2D eigenvalue weighted by molar-refractivity contribution is -0.135. The number of hydrogen-bond donors (Lipinski definition) is 2. The average molecular weight is 404 g/mol. The van der Waals surface area contributed by atoms with Crippen LogP contribution in [0.3, 0.4) is 0 Å². The van der Waals surface area contributed by atoms with Crippen molar-refractivity contribution in [3.63, 3.8) is 0 Å². The number of nitrogens with one attached hydrogen (secondary N) is 2. The lowest BCUT2D eigenvalue weighted by atomic mass is 9.91. The van der Waals surface area contributed by atoms with Gasteiger partial charge in [-0.2, -0.15) is 5.26 Å². The standard InChI is InChI=1S/C20H22F2N4O3/c1-19(14-10-13(21)6-7-15(14)22)17(28)26(18(29)25-19)11-16(27)24-20(12-23)8-4-2-3-5-9-20/h6-7,10H,2-5,8-9,11H2,1H3,(H,24,27)(H,25,29)/t19-/m0/s1. The van der Waals surface area contributed by atoms with Crippen LogP contribution in [0.5, 0.6) is 0 Å². The molecule has 29 heavy (non-hydrogen) atoms. The second-order valence-electron chi connectivity index (χ2n) is 7.73. The van der Waals surface area contributed by atoms with Crippen molar-refractivity contribution in [1.29, 1.82) is 5.26 Å². The van der Waals surface area contributed by atoms with Gasteiger partial charge in [-0.05, 0) is 38.0 Å².